The molecule has 1 aromatic heterocycles. The summed E-state index contributed by atoms with van der Waals surface area (Å²) >= 11 is 0. The molecule has 0 N–H and O–H groups in total. The van der Waals surface area contributed by atoms with E-state index in [1.165, 1.54) is 4.90 Å². The van der Waals surface area contributed by atoms with Crippen LogP contribution in [0.15, 0.2) is 83.3 Å². The lowest BCUT2D eigenvalue weighted by atomic mass is 10.1. The van der Waals surface area contributed by atoms with Crippen molar-refractivity contribution in [2.75, 3.05) is 4.90 Å². The predicted octanol–water partition coefficient (Wildman–Crippen LogP) is 5.00. The van der Waals surface area contributed by atoms with Crippen molar-refractivity contribution in [3.63, 3.8) is 0 Å². The van der Waals surface area contributed by atoms with Gasteiger partial charge in [0.2, 0.25) is 17.7 Å². The summed E-state index contributed by atoms with van der Waals surface area (Å²) in [6.45, 7) is 3.88. The first-order valence-electron chi connectivity index (χ1n) is 12.1. The molecular weight excluding hydrogens is 454 g/mol. The summed E-state index contributed by atoms with van der Waals surface area (Å²) in [5.41, 5.74) is 3.53. The fourth-order valence-corrected chi connectivity index (χ4v) is 4.64. The van der Waals surface area contributed by atoms with Crippen LogP contribution in [0.1, 0.15) is 32.3 Å². The second kappa shape index (κ2) is 9.77. The Morgan fingerprint density at radius 2 is 1.72 bits per heavy atom. The number of rotatable bonds is 7. The lowest BCUT2D eigenvalue weighted by Gasteiger charge is -2.33. The number of para-hydroxylation sites is 2. The van der Waals surface area contributed by atoms with E-state index in [2.05, 4.69) is 4.98 Å². The number of aromatic nitrogens is 1. The number of hydrogen-bond donors (Lipinski definition) is 0. The van der Waals surface area contributed by atoms with E-state index < -0.39 is 6.04 Å². The van der Waals surface area contributed by atoms with Gasteiger partial charge in [0.15, 0.2) is 5.58 Å². The average molecular weight is 482 g/mol. The lowest BCUT2D eigenvalue weighted by molar-refractivity contribution is -0.140. The van der Waals surface area contributed by atoms with E-state index in [0.717, 1.165) is 16.6 Å². The summed E-state index contributed by atoms with van der Waals surface area (Å²) in [6.07, 6.45) is 0.830. The number of hydrogen-bond acceptors (Lipinski definition) is 5. The van der Waals surface area contributed by atoms with Crippen molar-refractivity contribution in [3.8, 4) is 11.5 Å². The van der Waals surface area contributed by atoms with Gasteiger partial charge in [0.1, 0.15) is 11.6 Å². The van der Waals surface area contributed by atoms with E-state index in [0.29, 0.717) is 23.6 Å². The molecule has 7 nitrogen and oxygen atoms in total. The number of amides is 3. The molecule has 7 heteroatoms. The Labute approximate surface area is 209 Å². The minimum atomic E-state index is -0.819. The fourth-order valence-electron chi connectivity index (χ4n) is 4.64. The van der Waals surface area contributed by atoms with E-state index in [1.807, 2.05) is 68.4 Å². The summed E-state index contributed by atoms with van der Waals surface area (Å²) in [6, 6.07) is 22.9. The average Bonchev–Trinajstić information content (AvgIpc) is 3.45. The molecule has 1 saturated heterocycles. The Kier molecular flexibility index (Phi) is 6.38. The molecule has 3 aromatic carbocycles. The van der Waals surface area contributed by atoms with Crippen LogP contribution < -0.4 is 4.90 Å². The van der Waals surface area contributed by atoms with Crippen molar-refractivity contribution in [1.82, 2.24) is 9.88 Å². The Morgan fingerprint density at radius 1 is 1.03 bits per heavy atom. The summed E-state index contributed by atoms with van der Waals surface area (Å²) in [7, 11) is 0. The van der Waals surface area contributed by atoms with Crippen LogP contribution in [0.25, 0.3) is 22.6 Å². The standard InChI is InChI=1S/C29H27N3O4/c1-3-19(2)31(26(33)17-20-9-5-4-6-10-20)24-18-27(34)32(29(24)35)22-15-13-21(14-16-22)28-30-23-11-7-8-12-25(23)36-28/h4-16,19,24H,3,17-18H2,1-2H3. The minimum Gasteiger partial charge on any atom is -0.436 e. The highest BCUT2D eigenvalue weighted by molar-refractivity contribution is 6.23. The maximum absolute atomic E-state index is 13.5. The molecule has 36 heavy (non-hydrogen) atoms. The van der Waals surface area contributed by atoms with Gasteiger partial charge >= 0.3 is 0 Å². The number of carbonyl (C=O) groups excluding carboxylic acids is 3. The normalized spacial score (nSPS) is 16.5. The minimum absolute atomic E-state index is 0.0312. The Balaban J connectivity index is 1.38. The Morgan fingerprint density at radius 3 is 2.42 bits per heavy atom. The topological polar surface area (TPSA) is 83.7 Å². The van der Waals surface area contributed by atoms with Crippen LogP contribution in [-0.2, 0) is 20.8 Å². The second-order valence-corrected chi connectivity index (χ2v) is 9.04. The van der Waals surface area contributed by atoms with Crippen LogP contribution in [0.2, 0.25) is 0 Å². The maximum atomic E-state index is 13.5. The highest BCUT2D eigenvalue weighted by Crippen LogP contribution is 2.30. The second-order valence-electron chi connectivity index (χ2n) is 9.04. The van der Waals surface area contributed by atoms with Crippen molar-refractivity contribution in [3.05, 3.63) is 84.4 Å². The maximum Gasteiger partial charge on any atom is 0.257 e. The molecule has 0 saturated carbocycles. The zero-order valence-corrected chi connectivity index (χ0v) is 20.3. The molecule has 2 atom stereocenters. The van der Waals surface area contributed by atoms with Crippen LogP contribution in [0.3, 0.4) is 0 Å². The molecule has 182 valence electrons. The predicted molar refractivity (Wildman–Crippen MR) is 137 cm³/mol. The SMILES string of the molecule is CCC(C)N(C(=O)Cc1ccccc1)C1CC(=O)N(c2ccc(-c3nc4ccccc4o3)cc2)C1=O. The first-order valence-corrected chi connectivity index (χ1v) is 12.1. The number of imide groups is 1. The summed E-state index contributed by atoms with van der Waals surface area (Å²) in [4.78, 5) is 47.1. The van der Waals surface area contributed by atoms with Gasteiger partial charge in [-0.05, 0) is 55.3 Å². The van der Waals surface area contributed by atoms with Gasteiger partial charge in [-0.15, -0.1) is 0 Å². The molecule has 0 spiro atoms. The van der Waals surface area contributed by atoms with Crippen molar-refractivity contribution < 1.29 is 18.8 Å². The zero-order chi connectivity index (χ0) is 25.2. The van der Waals surface area contributed by atoms with E-state index in [4.69, 9.17) is 4.42 Å². The van der Waals surface area contributed by atoms with Crippen LogP contribution >= 0.6 is 0 Å². The van der Waals surface area contributed by atoms with Gasteiger partial charge in [-0.25, -0.2) is 9.88 Å². The number of anilines is 1. The lowest BCUT2D eigenvalue weighted by Crippen LogP contribution is -2.50. The van der Waals surface area contributed by atoms with Crippen molar-refractivity contribution in [1.29, 1.82) is 0 Å². The summed E-state index contributed by atoms with van der Waals surface area (Å²) in [5.74, 6) is -0.388. The molecule has 1 fully saturated rings. The molecule has 0 radical (unpaired) electrons. The fraction of sp³-hybridized carbons (Fsp3) is 0.241. The molecule has 5 rings (SSSR count). The summed E-state index contributed by atoms with van der Waals surface area (Å²) in [5, 5.41) is 0. The third kappa shape index (κ3) is 4.40. The molecule has 3 amide bonds. The van der Waals surface area contributed by atoms with Crippen molar-refractivity contribution in [2.24, 2.45) is 0 Å². The van der Waals surface area contributed by atoms with E-state index in [9.17, 15) is 14.4 Å². The first kappa shape index (κ1) is 23.5. The summed E-state index contributed by atoms with van der Waals surface area (Å²) < 4.78 is 5.82. The van der Waals surface area contributed by atoms with Crippen LogP contribution in [0, 0.1) is 0 Å². The van der Waals surface area contributed by atoms with Gasteiger partial charge in [0.05, 0.1) is 18.5 Å². The monoisotopic (exact) mass is 481 g/mol. The molecule has 2 heterocycles. The quantitative estimate of drug-likeness (QED) is 0.347. The van der Waals surface area contributed by atoms with E-state index >= 15 is 0 Å². The molecule has 1 aliphatic rings. The number of fused-ring (bicyclic) bond motifs is 1. The highest BCUT2D eigenvalue weighted by Gasteiger charge is 2.45. The molecular formula is C29H27N3O4. The molecule has 1 aliphatic heterocycles. The number of carbonyl (C=O) groups is 3. The van der Waals surface area contributed by atoms with Crippen LogP contribution in [0.5, 0.6) is 0 Å². The van der Waals surface area contributed by atoms with Crippen LogP contribution in [-0.4, -0.2) is 39.7 Å². The number of benzene rings is 3. The Hall–Kier alpha value is -4.26. The zero-order valence-electron chi connectivity index (χ0n) is 20.3. The third-order valence-electron chi connectivity index (χ3n) is 6.68. The number of oxazole rings is 1. The highest BCUT2D eigenvalue weighted by atomic mass is 16.3. The first-order chi connectivity index (χ1) is 17.5. The number of nitrogens with zero attached hydrogens (tertiary/aromatic N) is 3. The van der Waals surface area contributed by atoms with Gasteiger partial charge in [-0.1, -0.05) is 49.4 Å². The van der Waals surface area contributed by atoms with E-state index in [-0.39, 0.29) is 36.6 Å². The smallest absolute Gasteiger partial charge is 0.257 e. The van der Waals surface area contributed by atoms with Crippen molar-refractivity contribution in [2.45, 2.75) is 45.2 Å². The van der Waals surface area contributed by atoms with E-state index in [1.54, 1.807) is 29.2 Å². The van der Waals surface area contributed by atoms with Gasteiger partial charge in [0.25, 0.3) is 5.91 Å². The van der Waals surface area contributed by atoms with Gasteiger partial charge in [0, 0.05) is 11.6 Å². The van der Waals surface area contributed by atoms with Crippen molar-refractivity contribution >= 4 is 34.5 Å². The van der Waals surface area contributed by atoms with Gasteiger partial charge in [-0.3, -0.25) is 14.4 Å². The molecule has 0 aliphatic carbocycles. The molecule has 0 bridgehead atoms. The third-order valence-corrected chi connectivity index (χ3v) is 6.68. The molecule has 2 unspecified atom stereocenters. The Bertz CT molecular complexity index is 1380. The van der Waals surface area contributed by atoms with Gasteiger partial charge < -0.3 is 9.32 Å². The molecule has 4 aromatic rings. The largest absolute Gasteiger partial charge is 0.436 e. The van der Waals surface area contributed by atoms with Crippen LogP contribution in [0.4, 0.5) is 5.69 Å². The van der Waals surface area contributed by atoms with Gasteiger partial charge in [-0.2, -0.15) is 0 Å².